The zero-order chi connectivity index (χ0) is 14.6. The Morgan fingerprint density at radius 1 is 1.53 bits per heavy atom. The molecule has 1 unspecified atom stereocenters. The topological polar surface area (TPSA) is 75.4 Å². The Balaban J connectivity index is 2.82. The summed E-state index contributed by atoms with van der Waals surface area (Å²) >= 11 is 5.50. The largest absolute Gasteiger partial charge is 0.391 e. The predicted molar refractivity (Wildman–Crippen MR) is 72.0 cm³/mol. The van der Waals surface area contributed by atoms with Crippen molar-refractivity contribution in [3.05, 3.63) is 33.1 Å². The van der Waals surface area contributed by atoms with E-state index in [1.807, 2.05) is 13.8 Å². The van der Waals surface area contributed by atoms with Crippen molar-refractivity contribution in [2.45, 2.75) is 26.4 Å². The molecule has 0 aromatic heterocycles. The third kappa shape index (κ3) is 4.65. The SMILES string of the molecule is CC(C)CC(O)CNc1cc(F)c(Cl)cc1[N+](=O)[O-]. The Kier molecular flexibility index (Phi) is 5.50. The van der Waals surface area contributed by atoms with Crippen molar-refractivity contribution in [3.8, 4) is 0 Å². The summed E-state index contributed by atoms with van der Waals surface area (Å²) in [4.78, 5) is 10.2. The van der Waals surface area contributed by atoms with Crippen LogP contribution in [0.4, 0.5) is 15.8 Å². The van der Waals surface area contributed by atoms with Crippen LogP contribution in [0.3, 0.4) is 0 Å². The number of nitro groups is 1. The van der Waals surface area contributed by atoms with Gasteiger partial charge in [-0.25, -0.2) is 4.39 Å². The number of anilines is 1. The molecule has 0 aliphatic rings. The number of nitro benzene ring substituents is 1. The first kappa shape index (κ1) is 15.7. The molecule has 0 saturated carbocycles. The van der Waals surface area contributed by atoms with E-state index in [-0.39, 0.29) is 22.9 Å². The van der Waals surface area contributed by atoms with Gasteiger partial charge in [0.25, 0.3) is 5.69 Å². The Bertz CT molecular complexity index is 469. The first-order valence-corrected chi connectivity index (χ1v) is 6.24. The number of nitrogens with zero attached hydrogens (tertiary/aromatic N) is 1. The highest BCUT2D eigenvalue weighted by molar-refractivity contribution is 6.31. The lowest BCUT2D eigenvalue weighted by Crippen LogP contribution is -2.21. The van der Waals surface area contributed by atoms with Crippen LogP contribution in [-0.4, -0.2) is 22.7 Å². The highest BCUT2D eigenvalue weighted by Crippen LogP contribution is 2.30. The van der Waals surface area contributed by atoms with Gasteiger partial charge in [-0.15, -0.1) is 0 Å². The maximum absolute atomic E-state index is 13.3. The molecule has 19 heavy (non-hydrogen) atoms. The average Bonchev–Trinajstić information content (AvgIpc) is 2.29. The van der Waals surface area contributed by atoms with Crippen LogP contribution in [0.5, 0.6) is 0 Å². The van der Waals surface area contributed by atoms with Crippen LogP contribution in [0.15, 0.2) is 12.1 Å². The number of aliphatic hydroxyl groups excluding tert-OH is 1. The Morgan fingerprint density at radius 2 is 2.16 bits per heavy atom. The lowest BCUT2D eigenvalue weighted by Gasteiger charge is -2.15. The van der Waals surface area contributed by atoms with Gasteiger partial charge in [0.05, 0.1) is 16.0 Å². The smallest absolute Gasteiger partial charge is 0.294 e. The van der Waals surface area contributed by atoms with Crippen LogP contribution >= 0.6 is 11.6 Å². The van der Waals surface area contributed by atoms with Crippen molar-refractivity contribution >= 4 is 23.0 Å². The van der Waals surface area contributed by atoms with E-state index in [9.17, 15) is 19.6 Å². The molecule has 1 atom stereocenters. The van der Waals surface area contributed by atoms with Gasteiger partial charge in [0, 0.05) is 18.7 Å². The molecule has 2 N–H and O–H groups in total. The monoisotopic (exact) mass is 290 g/mol. The number of nitrogens with one attached hydrogen (secondary N) is 1. The lowest BCUT2D eigenvalue weighted by atomic mass is 10.1. The fourth-order valence-electron chi connectivity index (χ4n) is 1.68. The molecule has 1 aromatic rings. The summed E-state index contributed by atoms with van der Waals surface area (Å²) < 4.78 is 13.3. The first-order valence-electron chi connectivity index (χ1n) is 5.86. The zero-order valence-corrected chi connectivity index (χ0v) is 11.4. The number of rotatable bonds is 6. The molecule has 1 aromatic carbocycles. The second-order valence-corrected chi connectivity index (χ2v) is 5.11. The van der Waals surface area contributed by atoms with Gasteiger partial charge in [-0.1, -0.05) is 25.4 Å². The van der Waals surface area contributed by atoms with Gasteiger partial charge in [0.1, 0.15) is 11.5 Å². The van der Waals surface area contributed by atoms with E-state index in [1.54, 1.807) is 0 Å². The maximum Gasteiger partial charge on any atom is 0.294 e. The summed E-state index contributed by atoms with van der Waals surface area (Å²) in [6.07, 6.45) is -0.102. The molecule has 5 nitrogen and oxygen atoms in total. The van der Waals surface area contributed by atoms with Gasteiger partial charge in [0.2, 0.25) is 0 Å². The number of aliphatic hydroxyl groups is 1. The summed E-state index contributed by atoms with van der Waals surface area (Å²) in [6.45, 7) is 4.02. The summed E-state index contributed by atoms with van der Waals surface area (Å²) in [5, 5.41) is 22.9. The molecule has 0 fully saturated rings. The maximum atomic E-state index is 13.3. The molecule has 1 rings (SSSR count). The van der Waals surface area contributed by atoms with E-state index in [2.05, 4.69) is 5.32 Å². The summed E-state index contributed by atoms with van der Waals surface area (Å²) in [7, 11) is 0. The molecular formula is C12H16ClFN2O3. The van der Waals surface area contributed by atoms with Crippen molar-refractivity contribution in [1.29, 1.82) is 0 Å². The summed E-state index contributed by atoms with van der Waals surface area (Å²) in [5.74, 6) is -0.443. The van der Waals surface area contributed by atoms with Crippen LogP contribution in [-0.2, 0) is 0 Å². The highest BCUT2D eigenvalue weighted by atomic mass is 35.5. The molecule has 0 radical (unpaired) electrons. The second kappa shape index (κ2) is 6.68. The molecule has 0 amide bonds. The van der Waals surface area contributed by atoms with Gasteiger partial charge in [-0.05, 0) is 12.3 Å². The lowest BCUT2D eigenvalue weighted by molar-refractivity contribution is -0.384. The Hall–Kier alpha value is -1.40. The summed E-state index contributed by atoms with van der Waals surface area (Å²) in [6, 6.07) is 1.91. The van der Waals surface area contributed by atoms with Gasteiger partial charge in [0.15, 0.2) is 0 Å². The van der Waals surface area contributed by atoms with Crippen LogP contribution in [0.2, 0.25) is 5.02 Å². The standard InChI is InChI=1S/C12H16ClFN2O3/c1-7(2)3-8(17)6-15-11-5-10(14)9(13)4-12(11)16(18)19/h4-5,7-8,15,17H,3,6H2,1-2H3. The number of hydrogen-bond donors (Lipinski definition) is 2. The van der Waals surface area contributed by atoms with Crippen molar-refractivity contribution in [1.82, 2.24) is 0 Å². The molecule has 0 aliphatic heterocycles. The Morgan fingerprint density at radius 3 is 2.68 bits per heavy atom. The third-order valence-corrected chi connectivity index (χ3v) is 2.80. The number of hydrogen-bond acceptors (Lipinski definition) is 4. The molecule has 0 aliphatic carbocycles. The zero-order valence-electron chi connectivity index (χ0n) is 10.7. The fourth-order valence-corrected chi connectivity index (χ4v) is 1.84. The Labute approximate surface area is 115 Å². The molecule has 0 spiro atoms. The molecular weight excluding hydrogens is 275 g/mol. The van der Waals surface area contributed by atoms with E-state index >= 15 is 0 Å². The minimum absolute atomic E-state index is 0.00899. The van der Waals surface area contributed by atoms with Crippen LogP contribution in [0.1, 0.15) is 20.3 Å². The normalized spacial score (nSPS) is 12.5. The summed E-state index contributed by atoms with van der Waals surface area (Å²) in [5.41, 5.74) is -0.308. The van der Waals surface area contributed by atoms with Crippen molar-refractivity contribution in [2.75, 3.05) is 11.9 Å². The minimum Gasteiger partial charge on any atom is -0.391 e. The van der Waals surface area contributed by atoms with Gasteiger partial charge in [-0.3, -0.25) is 10.1 Å². The van der Waals surface area contributed by atoms with Crippen LogP contribution < -0.4 is 5.32 Å². The number of benzene rings is 1. The average molecular weight is 291 g/mol. The van der Waals surface area contributed by atoms with E-state index in [0.717, 1.165) is 12.1 Å². The van der Waals surface area contributed by atoms with Gasteiger partial charge >= 0.3 is 0 Å². The van der Waals surface area contributed by atoms with E-state index in [1.165, 1.54) is 0 Å². The third-order valence-electron chi connectivity index (χ3n) is 2.51. The first-order chi connectivity index (χ1) is 8.81. The molecule has 7 heteroatoms. The quantitative estimate of drug-likeness (QED) is 0.623. The predicted octanol–water partition coefficient (Wildman–Crippen LogP) is 3.21. The van der Waals surface area contributed by atoms with Gasteiger partial charge in [-0.2, -0.15) is 0 Å². The van der Waals surface area contributed by atoms with Crippen molar-refractivity contribution < 1.29 is 14.4 Å². The molecule has 0 bridgehead atoms. The van der Waals surface area contributed by atoms with E-state index in [4.69, 9.17) is 11.6 Å². The van der Waals surface area contributed by atoms with E-state index < -0.39 is 16.8 Å². The highest BCUT2D eigenvalue weighted by Gasteiger charge is 2.18. The molecule has 0 heterocycles. The fraction of sp³-hybridized carbons (Fsp3) is 0.500. The molecule has 0 saturated heterocycles. The van der Waals surface area contributed by atoms with Crippen LogP contribution in [0, 0.1) is 21.8 Å². The van der Waals surface area contributed by atoms with Gasteiger partial charge < -0.3 is 10.4 Å². The number of halogens is 2. The van der Waals surface area contributed by atoms with E-state index in [0.29, 0.717) is 12.3 Å². The minimum atomic E-state index is -0.742. The van der Waals surface area contributed by atoms with Crippen molar-refractivity contribution in [3.63, 3.8) is 0 Å². The van der Waals surface area contributed by atoms with Crippen LogP contribution in [0.25, 0.3) is 0 Å². The molecule has 106 valence electrons. The van der Waals surface area contributed by atoms with Crippen molar-refractivity contribution in [2.24, 2.45) is 5.92 Å². The second-order valence-electron chi connectivity index (χ2n) is 4.70.